The summed E-state index contributed by atoms with van der Waals surface area (Å²) in [7, 11) is 0. The number of hydrogen-bond donors (Lipinski definition) is 1. The lowest BCUT2D eigenvalue weighted by Gasteiger charge is -2.28. The number of hydrogen-bond acceptors (Lipinski definition) is 4. The van der Waals surface area contributed by atoms with E-state index in [0.717, 1.165) is 4.90 Å². The van der Waals surface area contributed by atoms with Gasteiger partial charge in [0.25, 0.3) is 5.91 Å². The summed E-state index contributed by atoms with van der Waals surface area (Å²) in [6.07, 6.45) is 0. The van der Waals surface area contributed by atoms with E-state index in [9.17, 15) is 23.2 Å². The lowest BCUT2D eigenvalue weighted by molar-refractivity contribution is -0.139. The number of carbonyl (C=O) groups is 3. The van der Waals surface area contributed by atoms with Gasteiger partial charge in [0, 0.05) is 13.1 Å². The smallest absolute Gasteiger partial charge is 0.387 e. The Morgan fingerprint density at radius 3 is 2.10 bits per heavy atom. The number of alkyl halides is 2. The van der Waals surface area contributed by atoms with Crippen LogP contribution in [-0.2, 0) is 15.1 Å². The maximum absolute atomic E-state index is 13.0. The van der Waals surface area contributed by atoms with Crippen molar-refractivity contribution in [3.05, 3.63) is 29.8 Å². The summed E-state index contributed by atoms with van der Waals surface area (Å²) < 4.78 is 29.0. The Bertz CT molecular complexity index is 773. The van der Waals surface area contributed by atoms with E-state index < -0.39 is 24.1 Å². The van der Waals surface area contributed by atoms with Crippen molar-refractivity contribution in [1.82, 2.24) is 15.1 Å². The molecule has 9 heteroatoms. The van der Waals surface area contributed by atoms with Crippen LogP contribution in [0.5, 0.6) is 5.75 Å². The number of urea groups is 1. The Balaban J connectivity index is 2.17. The number of ether oxygens (including phenoxy) is 1. The van der Waals surface area contributed by atoms with Gasteiger partial charge in [0.1, 0.15) is 17.8 Å². The summed E-state index contributed by atoms with van der Waals surface area (Å²) >= 11 is 0. The number of amides is 4. The predicted octanol–water partition coefficient (Wildman–Crippen LogP) is 3.20. The van der Waals surface area contributed by atoms with Gasteiger partial charge >= 0.3 is 12.6 Å². The first kappa shape index (κ1) is 23.6. The van der Waals surface area contributed by atoms with Crippen molar-refractivity contribution >= 4 is 17.8 Å². The first-order chi connectivity index (χ1) is 13.9. The molecule has 1 N–H and O–H groups in total. The molecule has 4 amide bonds. The van der Waals surface area contributed by atoms with Crippen LogP contribution in [0.1, 0.15) is 40.2 Å². The predicted molar refractivity (Wildman–Crippen MR) is 107 cm³/mol. The minimum absolute atomic E-state index is 0.0563. The van der Waals surface area contributed by atoms with Crippen LogP contribution >= 0.6 is 0 Å². The Hall–Kier alpha value is -2.71. The highest BCUT2D eigenvalue weighted by molar-refractivity contribution is 6.09. The van der Waals surface area contributed by atoms with E-state index >= 15 is 0 Å². The second kappa shape index (κ2) is 9.40. The molecule has 1 aromatic rings. The van der Waals surface area contributed by atoms with Crippen molar-refractivity contribution in [2.45, 2.75) is 46.8 Å². The van der Waals surface area contributed by atoms with Crippen LogP contribution in [0.25, 0.3) is 0 Å². The van der Waals surface area contributed by atoms with Crippen LogP contribution in [-0.4, -0.2) is 53.9 Å². The van der Waals surface area contributed by atoms with Gasteiger partial charge in [0.2, 0.25) is 5.91 Å². The number of nitrogens with one attached hydrogen (secondary N) is 1. The highest BCUT2D eigenvalue weighted by Crippen LogP contribution is 2.30. The Morgan fingerprint density at radius 2 is 1.63 bits per heavy atom. The summed E-state index contributed by atoms with van der Waals surface area (Å²) in [5, 5.41) is 2.61. The molecule has 2 rings (SSSR count). The molecular weight excluding hydrogens is 396 g/mol. The van der Waals surface area contributed by atoms with Crippen LogP contribution in [0.3, 0.4) is 0 Å². The van der Waals surface area contributed by atoms with Crippen molar-refractivity contribution < 1.29 is 27.9 Å². The van der Waals surface area contributed by atoms with Gasteiger partial charge < -0.3 is 15.0 Å². The number of nitrogens with zero attached hydrogens (tertiary/aromatic N) is 2. The Labute approximate surface area is 175 Å². The van der Waals surface area contributed by atoms with Crippen molar-refractivity contribution in [3.63, 3.8) is 0 Å². The minimum Gasteiger partial charge on any atom is -0.435 e. The fourth-order valence-corrected chi connectivity index (χ4v) is 3.40. The molecule has 1 heterocycles. The van der Waals surface area contributed by atoms with Crippen molar-refractivity contribution in [3.8, 4) is 5.75 Å². The lowest BCUT2D eigenvalue weighted by atomic mass is 9.92. The van der Waals surface area contributed by atoms with E-state index in [1.54, 1.807) is 4.90 Å². The first-order valence-corrected chi connectivity index (χ1v) is 9.91. The molecule has 0 bridgehead atoms. The molecule has 0 aliphatic carbocycles. The first-order valence-electron chi connectivity index (χ1n) is 9.91. The molecule has 1 aromatic carbocycles. The zero-order chi connectivity index (χ0) is 22.6. The Kier molecular flexibility index (Phi) is 7.39. The summed E-state index contributed by atoms with van der Waals surface area (Å²) in [5.41, 5.74) is -1.000. The molecule has 30 heavy (non-hydrogen) atoms. The minimum atomic E-state index is -2.96. The van der Waals surface area contributed by atoms with Gasteiger partial charge in [-0.15, -0.1) is 0 Å². The molecule has 166 valence electrons. The molecule has 0 aromatic heterocycles. The van der Waals surface area contributed by atoms with E-state index in [-0.39, 0.29) is 30.0 Å². The van der Waals surface area contributed by atoms with E-state index in [1.165, 1.54) is 31.2 Å². The Morgan fingerprint density at radius 1 is 1.10 bits per heavy atom. The summed E-state index contributed by atoms with van der Waals surface area (Å²) in [6, 6.07) is 4.80. The van der Waals surface area contributed by atoms with Gasteiger partial charge in [-0.3, -0.25) is 14.5 Å². The molecule has 7 nitrogen and oxygen atoms in total. The van der Waals surface area contributed by atoms with Crippen LogP contribution < -0.4 is 10.1 Å². The standard InChI is InChI=1S/C21H29F2N3O4/c1-13(2)10-25(11-14(3)4)17(27)12-26-18(28)21(5,24-20(26)29)15-6-8-16(9-7-15)30-19(22)23/h6-9,13-14,19H,10-12H2,1-5H3,(H,24,29). The average molecular weight is 425 g/mol. The van der Waals surface area contributed by atoms with Crippen LogP contribution in [0.4, 0.5) is 13.6 Å². The van der Waals surface area contributed by atoms with Crippen molar-refractivity contribution in [1.29, 1.82) is 0 Å². The van der Waals surface area contributed by atoms with Crippen molar-refractivity contribution in [2.75, 3.05) is 19.6 Å². The highest BCUT2D eigenvalue weighted by atomic mass is 19.3. The van der Waals surface area contributed by atoms with Gasteiger partial charge in [-0.25, -0.2) is 4.79 Å². The lowest BCUT2D eigenvalue weighted by Crippen LogP contribution is -2.46. The fraction of sp³-hybridized carbons (Fsp3) is 0.571. The van der Waals surface area contributed by atoms with E-state index in [1.807, 2.05) is 27.7 Å². The van der Waals surface area contributed by atoms with Gasteiger partial charge in [-0.05, 0) is 36.5 Å². The molecule has 1 saturated heterocycles. The van der Waals surface area contributed by atoms with Crippen LogP contribution in [0, 0.1) is 11.8 Å². The van der Waals surface area contributed by atoms with Crippen molar-refractivity contribution in [2.24, 2.45) is 11.8 Å². The SMILES string of the molecule is CC(C)CN(CC(C)C)C(=O)CN1C(=O)NC(C)(c2ccc(OC(F)F)cc2)C1=O. The third kappa shape index (κ3) is 5.46. The third-order valence-corrected chi connectivity index (χ3v) is 4.75. The number of halogens is 2. The average Bonchev–Trinajstić information content (AvgIpc) is 2.84. The van der Waals surface area contributed by atoms with Gasteiger partial charge in [-0.2, -0.15) is 8.78 Å². The maximum Gasteiger partial charge on any atom is 0.387 e. The molecular formula is C21H29F2N3O4. The number of benzene rings is 1. The molecule has 0 saturated carbocycles. The second-order valence-corrected chi connectivity index (χ2v) is 8.44. The highest BCUT2D eigenvalue weighted by Gasteiger charge is 2.49. The largest absolute Gasteiger partial charge is 0.435 e. The van der Waals surface area contributed by atoms with Crippen LogP contribution in [0.15, 0.2) is 24.3 Å². The second-order valence-electron chi connectivity index (χ2n) is 8.44. The van der Waals surface area contributed by atoms with Crippen LogP contribution in [0.2, 0.25) is 0 Å². The molecule has 1 aliphatic heterocycles. The normalized spacial score (nSPS) is 19.1. The van der Waals surface area contributed by atoms with Gasteiger partial charge in [0.15, 0.2) is 0 Å². The number of rotatable bonds is 9. The summed E-state index contributed by atoms with van der Waals surface area (Å²) in [5.74, 6) is -0.437. The fourth-order valence-electron chi connectivity index (χ4n) is 3.40. The zero-order valence-corrected chi connectivity index (χ0v) is 17.9. The molecule has 0 spiro atoms. The number of imide groups is 1. The van der Waals surface area contributed by atoms with Gasteiger partial charge in [-0.1, -0.05) is 39.8 Å². The molecule has 0 radical (unpaired) electrons. The molecule has 1 aliphatic rings. The van der Waals surface area contributed by atoms with Gasteiger partial charge in [0.05, 0.1) is 0 Å². The zero-order valence-electron chi connectivity index (χ0n) is 17.9. The summed E-state index contributed by atoms with van der Waals surface area (Å²) in [4.78, 5) is 40.9. The molecule has 1 atom stereocenters. The molecule has 1 fully saturated rings. The van der Waals surface area contributed by atoms with E-state index in [0.29, 0.717) is 18.7 Å². The topological polar surface area (TPSA) is 79.0 Å². The monoisotopic (exact) mass is 425 g/mol. The quantitative estimate of drug-likeness (QED) is 0.617. The number of carbonyl (C=O) groups excluding carboxylic acids is 3. The van der Waals surface area contributed by atoms with E-state index in [4.69, 9.17) is 0 Å². The van der Waals surface area contributed by atoms with E-state index in [2.05, 4.69) is 10.1 Å². The maximum atomic E-state index is 13.0. The summed E-state index contributed by atoms with van der Waals surface area (Å²) in [6.45, 7) is 7.24. The molecule has 1 unspecified atom stereocenters. The third-order valence-electron chi connectivity index (χ3n) is 4.75.